The van der Waals surface area contributed by atoms with E-state index in [4.69, 9.17) is 5.73 Å². The van der Waals surface area contributed by atoms with E-state index in [-0.39, 0.29) is 43.6 Å². The number of aryl methyl sites for hydroxylation is 1. The molecule has 0 aliphatic heterocycles. The van der Waals surface area contributed by atoms with Crippen molar-refractivity contribution in [2.75, 3.05) is 13.1 Å². The van der Waals surface area contributed by atoms with Crippen molar-refractivity contribution < 1.29 is 22.0 Å². The number of imidazole rings is 1. The zero-order valence-electron chi connectivity index (χ0n) is 19.5. The number of hydrogen-bond acceptors (Lipinski definition) is 4. The molecule has 1 aromatic heterocycles. The first kappa shape index (κ1) is 27.4. The van der Waals surface area contributed by atoms with Crippen LogP contribution < -0.4 is 16.4 Å². The van der Waals surface area contributed by atoms with Gasteiger partial charge in [-0.05, 0) is 49.9 Å². The summed E-state index contributed by atoms with van der Waals surface area (Å²) in [7, 11) is 0. The number of aromatic nitrogens is 2. The lowest BCUT2D eigenvalue weighted by atomic mass is 9.99. The van der Waals surface area contributed by atoms with Crippen LogP contribution in [0.2, 0.25) is 0 Å². The number of rotatable bonds is 13. The molecule has 0 aliphatic rings. The molecule has 1 heterocycles. The molecule has 2 aromatic rings. The molecule has 0 fully saturated rings. The SMILES string of the molecule is C=CNCCn1c(C(F)(F)F)nc(C(=C)NCCC)c1CCC(N)Cc1cc(C)c(F)cc1F. The van der Waals surface area contributed by atoms with Gasteiger partial charge in [0.05, 0.1) is 5.70 Å². The topological polar surface area (TPSA) is 67.9 Å². The minimum absolute atomic E-state index is 0.00524. The highest BCUT2D eigenvalue weighted by atomic mass is 19.4. The van der Waals surface area contributed by atoms with Crippen LogP contribution in [-0.4, -0.2) is 28.7 Å². The molecule has 4 N–H and O–H groups in total. The zero-order chi connectivity index (χ0) is 25.5. The van der Waals surface area contributed by atoms with Crippen LogP contribution >= 0.6 is 0 Å². The standard InChI is InChI=1S/C24H32F5N5/c1-5-9-32-16(4)22-21(34(11-10-31-6-2)23(33-22)24(27,28)29)8-7-18(30)13-17-12-15(3)19(25)14-20(17)26/h6,12,14,18,31-32H,2,4-5,7-11,13,30H2,1,3H3. The Morgan fingerprint density at radius 3 is 2.56 bits per heavy atom. The summed E-state index contributed by atoms with van der Waals surface area (Å²) in [5.74, 6) is -2.36. The molecule has 0 bridgehead atoms. The van der Waals surface area contributed by atoms with Crippen molar-refractivity contribution in [3.63, 3.8) is 0 Å². The fraction of sp³-hybridized carbons (Fsp3) is 0.458. The lowest BCUT2D eigenvalue weighted by Crippen LogP contribution is -2.26. The van der Waals surface area contributed by atoms with Crippen LogP contribution in [0.5, 0.6) is 0 Å². The molecular formula is C24H32F5N5. The van der Waals surface area contributed by atoms with Gasteiger partial charge in [-0.15, -0.1) is 0 Å². The molecule has 0 radical (unpaired) electrons. The van der Waals surface area contributed by atoms with Crippen LogP contribution in [0.25, 0.3) is 5.70 Å². The van der Waals surface area contributed by atoms with E-state index in [0.717, 1.165) is 17.1 Å². The summed E-state index contributed by atoms with van der Waals surface area (Å²) in [5.41, 5.74) is 7.55. The van der Waals surface area contributed by atoms with Crippen molar-refractivity contribution in [3.05, 3.63) is 71.5 Å². The molecule has 0 amide bonds. The largest absolute Gasteiger partial charge is 0.449 e. The van der Waals surface area contributed by atoms with Crippen LogP contribution in [-0.2, 0) is 25.6 Å². The number of nitrogens with one attached hydrogen (secondary N) is 2. The molecule has 34 heavy (non-hydrogen) atoms. The lowest BCUT2D eigenvalue weighted by molar-refractivity contribution is -0.147. The Balaban J connectivity index is 2.34. The van der Waals surface area contributed by atoms with Gasteiger partial charge < -0.3 is 20.9 Å². The highest BCUT2D eigenvalue weighted by Crippen LogP contribution is 2.32. The molecule has 0 aliphatic carbocycles. The summed E-state index contributed by atoms with van der Waals surface area (Å²) in [6, 6.07) is 1.66. The Morgan fingerprint density at radius 2 is 1.94 bits per heavy atom. The van der Waals surface area contributed by atoms with E-state index in [2.05, 4.69) is 28.8 Å². The average Bonchev–Trinajstić information content (AvgIpc) is 3.13. The van der Waals surface area contributed by atoms with E-state index >= 15 is 0 Å². The molecule has 0 saturated carbocycles. The summed E-state index contributed by atoms with van der Waals surface area (Å²) in [4.78, 5) is 3.89. The van der Waals surface area contributed by atoms with Crippen molar-refractivity contribution in [2.45, 2.75) is 58.3 Å². The third-order valence-electron chi connectivity index (χ3n) is 5.39. The Morgan fingerprint density at radius 1 is 1.24 bits per heavy atom. The van der Waals surface area contributed by atoms with Gasteiger partial charge in [0.25, 0.3) is 0 Å². The number of nitrogens with two attached hydrogens (primary N) is 1. The first-order valence-electron chi connectivity index (χ1n) is 11.1. The average molecular weight is 486 g/mol. The van der Waals surface area contributed by atoms with Crippen molar-refractivity contribution in [1.82, 2.24) is 20.2 Å². The number of hydrogen-bond donors (Lipinski definition) is 3. The summed E-state index contributed by atoms with van der Waals surface area (Å²) in [6.45, 7) is 11.6. The van der Waals surface area contributed by atoms with Crippen LogP contribution in [0.1, 0.15) is 48.1 Å². The van der Waals surface area contributed by atoms with Crippen LogP contribution in [0, 0.1) is 18.6 Å². The van der Waals surface area contributed by atoms with E-state index in [1.165, 1.54) is 19.2 Å². The Labute approximate surface area is 196 Å². The quantitative estimate of drug-likeness (QED) is 0.284. The maximum absolute atomic E-state index is 14.1. The predicted molar refractivity (Wildman–Crippen MR) is 124 cm³/mol. The van der Waals surface area contributed by atoms with Crippen molar-refractivity contribution in [3.8, 4) is 0 Å². The number of nitrogens with zero attached hydrogens (tertiary/aromatic N) is 2. The molecule has 0 spiro atoms. The second-order valence-corrected chi connectivity index (χ2v) is 8.14. The summed E-state index contributed by atoms with van der Waals surface area (Å²) in [5, 5.41) is 5.81. The van der Waals surface area contributed by atoms with Gasteiger partial charge in [-0.3, -0.25) is 0 Å². The summed E-state index contributed by atoms with van der Waals surface area (Å²) in [6.07, 6.45) is -1.94. The molecule has 2 rings (SSSR count). The molecule has 1 unspecified atom stereocenters. The van der Waals surface area contributed by atoms with Crippen molar-refractivity contribution in [2.24, 2.45) is 5.73 Å². The van der Waals surface area contributed by atoms with Crippen LogP contribution in [0.3, 0.4) is 0 Å². The number of halogens is 5. The Bertz CT molecular complexity index is 997. The van der Waals surface area contributed by atoms with Crippen molar-refractivity contribution >= 4 is 5.70 Å². The molecule has 188 valence electrons. The first-order valence-corrected chi connectivity index (χ1v) is 11.1. The minimum atomic E-state index is -4.66. The minimum Gasteiger partial charge on any atom is -0.390 e. The maximum atomic E-state index is 14.1. The van der Waals surface area contributed by atoms with Crippen LogP contribution in [0.4, 0.5) is 22.0 Å². The van der Waals surface area contributed by atoms with Gasteiger partial charge in [0.2, 0.25) is 5.82 Å². The third-order valence-corrected chi connectivity index (χ3v) is 5.39. The molecule has 5 nitrogen and oxygen atoms in total. The molecule has 10 heteroatoms. The maximum Gasteiger partial charge on any atom is 0.449 e. The Hall–Kier alpha value is -2.88. The molecular weight excluding hydrogens is 453 g/mol. The van der Waals surface area contributed by atoms with Gasteiger partial charge in [-0.2, -0.15) is 13.2 Å². The van der Waals surface area contributed by atoms with E-state index < -0.39 is 29.7 Å². The molecule has 0 saturated heterocycles. The highest BCUT2D eigenvalue weighted by Gasteiger charge is 2.39. The monoisotopic (exact) mass is 485 g/mol. The second kappa shape index (κ2) is 12.0. The van der Waals surface area contributed by atoms with Crippen molar-refractivity contribution in [1.29, 1.82) is 0 Å². The van der Waals surface area contributed by atoms with Gasteiger partial charge in [0, 0.05) is 37.4 Å². The third kappa shape index (κ3) is 7.06. The number of alkyl halides is 3. The fourth-order valence-electron chi connectivity index (χ4n) is 3.66. The van der Waals surface area contributed by atoms with E-state index in [0.29, 0.717) is 23.5 Å². The number of benzene rings is 1. The summed E-state index contributed by atoms with van der Waals surface area (Å²) >= 11 is 0. The zero-order valence-corrected chi connectivity index (χ0v) is 19.5. The van der Waals surface area contributed by atoms with Crippen LogP contribution in [0.15, 0.2) is 31.5 Å². The van der Waals surface area contributed by atoms with Gasteiger partial charge in [0.1, 0.15) is 17.3 Å². The molecule has 1 aromatic carbocycles. The van der Waals surface area contributed by atoms with Gasteiger partial charge in [-0.25, -0.2) is 13.8 Å². The molecule has 1 atom stereocenters. The smallest absolute Gasteiger partial charge is 0.390 e. The normalized spacial score (nSPS) is 12.5. The van der Waals surface area contributed by atoms with E-state index in [1.54, 1.807) is 0 Å². The van der Waals surface area contributed by atoms with Gasteiger partial charge in [0.15, 0.2) is 0 Å². The van der Waals surface area contributed by atoms with E-state index in [9.17, 15) is 22.0 Å². The first-order chi connectivity index (χ1) is 16.0. The summed E-state index contributed by atoms with van der Waals surface area (Å²) < 4.78 is 70.2. The second-order valence-electron chi connectivity index (χ2n) is 8.14. The Kier molecular flexibility index (Phi) is 9.66. The highest BCUT2D eigenvalue weighted by molar-refractivity contribution is 5.61. The van der Waals surface area contributed by atoms with Gasteiger partial charge >= 0.3 is 6.18 Å². The lowest BCUT2D eigenvalue weighted by Gasteiger charge is -2.17. The fourth-order valence-corrected chi connectivity index (χ4v) is 3.66. The van der Waals surface area contributed by atoms with E-state index in [1.807, 2.05) is 6.92 Å². The predicted octanol–water partition coefficient (Wildman–Crippen LogP) is 4.69. The van der Waals surface area contributed by atoms with Gasteiger partial charge in [-0.1, -0.05) is 26.1 Å².